The zero-order valence-corrected chi connectivity index (χ0v) is 17.7. The monoisotopic (exact) mass is 439 g/mol. The summed E-state index contributed by atoms with van der Waals surface area (Å²) >= 11 is 6.36. The van der Waals surface area contributed by atoms with E-state index in [0.717, 1.165) is 11.3 Å². The third kappa shape index (κ3) is 6.83. The van der Waals surface area contributed by atoms with Crippen LogP contribution in [0.3, 0.4) is 0 Å². The average molecular weight is 440 g/mol. The smallest absolute Gasteiger partial charge is 0.243 e. The second-order valence-corrected chi connectivity index (χ2v) is 7.51. The van der Waals surface area contributed by atoms with Crippen LogP contribution in [0.5, 0.6) is 0 Å². The Morgan fingerprint density at radius 2 is 1.74 bits per heavy atom. The Morgan fingerprint density at radius 1 is 0.968 bits per heavy atom. The van der Waals surface area contributed by atoms with Crippen molar-refractivity contribution in [1.82, 2.24) is 5.32 Å². The van der Waals surface area contributed by atoms with Crippen molar-refractivity contribution in [3.05, 3.63) is 94.8 Å². The van der Waals surface area contributed by atoms with Gasteiger partial charge in [0, 0.05) is 11.7 Å². The Balaban J connectivity index is 1.50. The van der Waals surface area contributed by atoms with Gasteiger partial charge in [0.05, 0.1) is 23.7 Å². The van der Waals surface area contributed by atoms with Crippen molar-refractivity contribution in [2.75, 3.05) is 17.2 Å². The molecule has 0 aromatic heterocycles. The minimum atomic E-state index is -0.406. The van der Waals surface area contributed by atoms with Crippen molar-refractivity contribution in [2.24, 2.45) is 0 Å². The van der Waals surface area contributed by atoms with E-state index in [1.165, 1.54) is 18.2 Å². The molecule has 0 bridgehead atoms. The molecule has 5 nitrogen and oxygen atoms in total. The first-order chi connectivity index (χ1) is 14.9. The summed E-state index contributed by atoms with van der Waals surface area (Å²) in [4.78, 5) is 24.1. The molecule has 1 atom stereocenters. The molecule has 7 heteroatoms. The number of benzene rings is 3. The van der Waals surface area contributed by atoms with Crippen LogP contribution in [0.15, 0.2) is 72.8 Å². The van der Waals surface area contributed by atoms with Gasteiger partial charge in [-0.15, -0.1) is 0 Å². The van der Waals surface area contributed by atoms with E-state index in [4.69, 9.17) is 11.6 Å². The molecule has 3 rings (SSSR count). The van der Waals surface area contributed by atoms with E-state index in [1.54, 1.807) is 24.3 Å². The topological polar surface area (TPSA) is 70.2 Å². The molecule has 2 amide bonds. The molecule has 0 aliphatic heterocycles. The largest absolute Gasteiger partial charge is 0.377 e. The molecule has 3 N–H and O–H groups in total. The highest BCUT2D eigenvalue weighted by molar-refractivity contribution is 6.33. The third-order valence-electron chi connectivity index (χ3n) is 4.62. The van der Waals surface area contributed by atoms with Gasteiger partial charge in [0.25, 0.3) is 0 Å². The zero-order chi connectivity index (χ0) is 22.2. The van der Waals surface area contributed by atoms with E-state index in [9.17, 15) is 14.0 Å². The van der Waals surface area contributed by atoms with Crippen LogP contribution in [0.2, 0.25) is 5.02 Å². The summed E-state index contributed by atoms with van der Waals surface area (Å²) in [5.74, 6) is -1.16. The van der Waals surface area contributed by atoms with Crippen LogP contribution < -0.4 is 16.0 Å². The molecule has 0 fully saturated rings. The molecule has 0 heterocycles. The number of nitrogens with one attached hydrogen (secondary N) is 3. The molecule has 160 valence electrons. The highest BCUT2D eigenvalue weighted by Gasteiger charge is 2.11. The van der Waals surface area contributed by atoms with Gasteiger partial charge in [-0.1, -0.05) is 54.1 Å². The van der Waals surface area contributed by atoms with Gasteiger partial charge in [-0.25, -0.2) is 4.39 Å². The maximum absolute atomic E-state index is 13.2. The van der Waals surface area contributed by atoms with Gasteiger partial charge >= 0.3 is 0 Å². The molecule has 31 heavy (non-hydrogen) atoms. The van der Waals surface area contributed by atoms with Crippen LogP contribution in [0.25, 0.3) is 0 Å². The zero-order valence-electron chi connectivity index (χ0n) is 17.0. The molecule has 0 saturated heterocycles. The molecular formula is C24H23ClFN3O2. The maximum atomic E-state index is 13.2. The first kappa shape index (κ1) is 22.3. The number of halogens is 2. The molecular weight excluding hydrogens is 417 g/mol. The summed E-state index contributed by atoms with van der Waals surface area (Å²) in [7, 11) is 0. The van der Waals surface area contributed by atoms with Crippen LogP contribution in [0.1, 0.15) is 24.1 Å². The highest BCUT2D eigenvalue weighted by atomic mass is 35.5. The van der Waals surface area contributed by atoms with E-state index in [1.807, 2.05) is 37.3 Å². The Kier molecular flexibility index (Phi) is 7.62. The maximum Gasteiger partial charge on any atom is 0.243 e. The second-order valence-electron chi connectivity index (χ2n) is 7.10. The fourth-order valence-corrected chi connectivity index (χ4v) is 3.28. The van der Waals surface area contributed by atoms with Gasteiger partial charge in [0.2, 0.25) is 11.8 Å². The number of carbonyl (C=O) groups is 2. The van der Waals surface area contributed by atoms with Crippen molar-refractivity contribution in [2.45, 2.75) is 19.4 Å². The number of amides is 2. The highest BCUT2D eigenvalue weighted by Crippen LogP contribution is 2.28. The van der Waals surface area contributed by atoms with E-state index in [2.05, 4.69) is 16.0 Å². The molecule has 0 saturated carbocycles. The van der Waals surface area contributed by atoms with Gasteiger partial charge in [0.15, 0.2) is 0 Å². The summed E-state index contributed by atoms with van der Waals surface area (Å²) < 4.78 is 13.2. The molecule has 0 aliphatic carbocycles. The molecule has 0 aliphatic rings. The molecule has 0 spiro atoms. The fraction of sp³-hybridized carbons (Fsp3) is 0.167. The van der Waals surface area contributed by atoms with Gasteiger partial charge in [-0.3, -0.25) is 9.59 Å². The third-order valence-corrected chi connectivity index (χ3v) is 4.94. The van der Waals surface area contributed by atoms with E-state index in [-0.39, 0.29) is 30.8 Å². The minimum absolute atomic E-state index is 0.00314. The Morgan fingerprint density at radius 3 is 2.45 bits per heavy atom. The predicted molar refractivity (Wildman–Crippen MR) is 122 cm³/mol. The fourth-order valence-electron chi connectivity index (χ4n) is 3.05. The number of anilines is 2. The van der Waals surface area contributed by atoms with Gasteiger partial charge in [0.1, 0.15) is 5.82 Å². The normalized spacial score (nSPS) is 11.5. The van der Waals surface area contributed by atoms with Gasteiger partial charge < -0.3 is 16.0 Å². The van der Waals surface area contributed by atoms with E-state index in [0.29, 0.717) is 16.3 Å². The molecule has 0 radical (unpaired) electrons. The van der Waals surface area contributed by atoms with Crippen molar-refractivity contribution in [3.63, 3.8) is 0 Å². The average Bonchev–Trinajstić information content (AvgIpc) is 2.75. The summed E-state index contributed by atoms with van der Waals surface area (Å²) in [6.45, 7) is 1.84. The lowest BCUT2D eigenvalue weighted by atomic mass is 10.1. The van der Waals surface area contributed by atoms with Crippen LogP contribution in [-0.4, -0.2) is 18.4 Å². The standard InChI is InChI=1S/C24H23ClFN3O2/c1-16(18-7-3-2-4-8-18)28-22-11-10-20(14-21(22)25)29-24(31)15-27-23(30)13-17-6-5-9-19(26)12-17/h2-12,14,16,28H,13,15H2,1H3,(H,27,30)(H,29,31). The lowest BCUT2D eigenvalue weighted by molar-refractivity contribution is -0.123. The summed E-state index contributed by atoms with van der Waals surface area (Å²) in [6.07, 6.45) is -0.00314. The Labute approximate surface area is 185 Å². The lowest BCUT2D eigenvalue weighted by Crippen LogP contribution is -2.33. The van der Waals surface area contributed by atoms with Crippen LogP contribution >= 0.6 is 11.6 Å². The molecule has 3 aromatic rings. The van der Waals surface area contributed by atoms with Crippen LogP contribution in [-0.2, 0) is 16.0 Å². The molecule has 1 unspecified atom stereocenters. The summed E-state index contributed by atoms with van der Waals surface area (Å²) in [6, 6.07) is 21.0. The summed E-state index contributed by atoms with van der Waals surface area (Å²) in [5, 5.41) is 9.03. The number of rotatable bonds is 8. The number of hydrogen-bond acceptors (Lipinski definition) is 3. The Bertz CT molecular complexity index is 1060. The first-order valence-corrected chi connectivity index (χ1v) is 10.2. The quantitative estimate of drug-likeness (QED) is 0.465. The summed E-state index contributed by atoms with van der Waals surface area (Å²) in [5.41, 5.74) is 2.94. The predicted octanol–water partition coefficient (Wildman–Crippen LogP) is 4.95. The van der Waals surface area contributed by atoms with Crippen molar-refractivity contribution < 1.29 is 14.0 Å². The van der Waals surface area contributed by atoms with Crippen molar-refractivity contribution >= 4 is 34.8 Å². The minimum Gasteiger partial charge on any atom is -0.377 e. The number of hydrogen-bond donors (Lipinski definition) is 3. The van der Waals surface area contributed by atoms with Gasteiger partial charge in [-0.05, 0) is 48.4 Å². The van der Waals surface area contributed by atoms with Crippen molar-refractivity contribution in [3.8, 4) is 0 Å². The second kappa shape index (κ2) is 10.6. The van der Waals surface area contributed by atoms with E-state index >= 15 is 0 Å². The van der Waals surface area contributed by atoms with Crippen molar-refractivity contribution in [1.29, 1.82) is 0 Å². The first-order valence-electron chi connectivity index (χ1n) is 9.83. The Hall–Kier alpha value is -3.38. The van der Waals surface area contributed by atoms with E-state index < -0.39 is 5.82 Å². The lowest BCUT2D eigenvalue weighted by Gasteiger charge is -2.17. The van der Waals surface area contributed by atoms with Gasteiger partial charge in [-0.2, -0.15) is 0 Å². The molecule has 3 aromatic carbocycles. The van der Waals surface area contributed by atoms with Crippen LogP contribution in [0, 0.1) is 5.82 Å². The SMILES string of the molecule is CC(Nc1ccc(NC(=O)CNC(=O)Cc2cccc(F)c2)cc1Cl)c1ccccc1. The van der Waals surface area contributed by atoms with Crippen LogP contribution in [0.4, 0.5) is 15.8 Å². The number of carbonyl (C=O) groups excluding carboxylic acids is 2.